The van der Waals surface area contributed by atoms with Gasteiger partial charge in [-0.3, -0.25) is 4.90 Å². The molecule has 0 amide bonds. The Morgan fingerprint density at radius 2 is 1.38 bits per heavy atom. The van der Waals surface area contributed by atoms with Crippen LogP contribution in [-0.4, -0.2) is 68.4 Å². The van der Waals surface area contributed by atoms with Crippen LogP contribution in [0.15, 0.2) is 72.8 Å². The molecule has 0 N–H and O–H groups in total. The van der Waals surface area contributed by atoms with Gasteiger partial charge in [0.1, 0.15) is 21.0 Å². The second kappa shape index (κ2) is 12.0. The summed E-state index contributed by atoms with van der Waals surface area (Å²) in [6.45, 7) is 4.47. The molecule has 1 saturated carbocycles. The summed E-state index contributed by atoms with van der Waals surface area (Å²) in [5, 5.41) is 18.5. The normalized spacial score (nSPS) is 16.9. The van der Waals surface area contributed by atoms with Gasteiger partial charge in [-0.2, -0.15) is 0 Å². The SMILES string of the molecule is O=C(On1nnc2ccccc21)c1ccc(-c2nnc(-c3ccc(N4CCN(C5CCCCCC5)CC4)cc3)s2)cc1. The summed E-state index contributed by atoms with van der Waals surface area (Å²) >= 11 is 1.54. The van der Waals surface area contributed by atoms with Crippen LogP contribution in [0.2, 0.25) is 0 Å². The first-order valence-electron chi connectivity index (χ1n) is 14.8. The van der Waals surface area contributed by atoms with Crippen molar-refractivity contribution in [2.45, 2.75) is 44.6 Å². The van der Waals surface area contributed by atoms with Gasteiger partial charge in [-0.05, 0) is 66.6 Å². The van der Waals surface area contributed by atoms with Gasteiger partial charge in [-0.15, -0.1) is 15.3 Å². The number of carbonyl (C=O) groups is 1. The van der Waals surface area contributed by atoms with Crippen molar-refractivity contribution in [2.75, 3.05) is 31.1 Å². The molecule has 9 nitrogen and oxygen atoms in total. The predicted molar refractivity (Wildman–Crippen MR) is 164 cm³/mol. The van der Waals surface area contributed by atoms with Crippen LogP contribution in [0.1, 0.15) is 48.9 Å². The molecular weight excluding hydrogens is 546 g/mol. The maximum atomic E-state index is 12.7. The summed E-state index contributed by atoms with van der Waals surface area (Å²) in [5.74, 6) is -0.513. The Balaban J connectivity index is 0.968. The molecule has 0 atom stereocenters. The fourth-order valence-electron chi connectivity index (χ4n) is 6.03. The number of anilines is 1. The summed E-state index contributed by atoms with van der Waals surface area (Å²) in [6, 6.07) is 24.0. The minimum atomic E-state index is -0.513. The molecule has 0 spiro atoms. The number of aromatic nitrogens is 5. The van der Waals surface area contributed by atoms with Crippen molar-refractivity contribution in [3.8, 4) is 21.1 Å². The summed E-state index contributed by atoms with van der Waals surface area (Å²) in [6.07, 6.45) is 8.34. The van der Waals surface area contributed by atoms with Crippen molar-refractivity contribution < 1.29 is 9.63 Å². The molecule has 2 aliphatic rings. The van der Waals surface area contributed by atoms with E-state index in [-0.39, 0.29) is 0 Å². The molecule has 1 aliphatic heterocycles. The van der Waals surface area contributed by atoms with E-state index >= 15 is 0 Å². The zero-order chi connectivity index (χ0) is 28.3. The number of carbonyl (C=O) groups excluding carboxylic acids is 1. The standard InChI is InChI=1S/C32H33N7O2S/c40-32(41-39-29-10-6-5-9-28(29)33-36-39)25-13-11-23(12-14-25)30-34-35-31(42-30)24-15-17-27(18-16-24)38-21-19-37(20-22-38)26-7-3-1-2-4-8-26/h5-6,9-18,26H,1-4,7-8,19-22H2. The average molecular weight is 580 g/mol. The molecule has 10 heteroatoms. The minimum absolute atomic E-state index is 0.411. The van der Waals surface area contributed by atoms with Gasteiger partial charge in [-0.1, -0.05) is 66.1 Å². The fourth-order valence-corrected chi connectivity index (χ4v) is 6.89. The van der Waals surface area contributed by atoms with Gasteiger partial charge in [0.05, 0.1) is 5.56 Å². The van der Waals surface area contributed by atoms with Crippen LogP contribution in [0.3, 0.4) is 0 Å². The highest BCUT2D eigenvalue weighted by molar-refractivity contribution is 7.17. The van der Waals surface area contributed by atoms with E-state index < -0.39 is 5.97 Å². The van der Waals surface area contributed by atoms with E-state index in [0.717, 1.165) is 58.2 Å². The van der Waals surface area contributed by atoms with Crippen LogP contribution in [0, 0.1) is 0 Å². The topological polar surface area (TPSA) is 89.3 Å². The van der Waals surface area contributed by atoms with Gasteiger partial charge in [0.15, 0.2) is 0 Å². The molecule has 0 unspecified atom stereocenters. The quantitative estimate of drug-likeness (QED) is 0.186. The van der Waals surface area contributed by atoms with Gasteiger partial charge in [-0.25, -0.2) is 4.79 Å². The van der Waals surface area contributed by atoms with Gasteiger partial charge in [0.25, 0.3) is 0 Å². The van der Waals surface area contributed by atoms with Crippen molar-refractivity contribution in [2.24, 2.45) is 0 Å². The number of para-hydroxylation sites is 1. The first kappa shape index (κ1) is 26.7. The summed E-state index contributed by atoms with van der Waals surface area (Å²) in [7, 11) is 0. The molecule has 0 bridgehead atoms. The second-order valence-electron chi connectivity index (χ2n) is 11.0. The molecule has 42 heavy (non-hydrogen) atoms. The van der Waals surface area contributed by atoms with Crippen LogP contribution >= 0.6 is 11.3 Å². The minimum Gasteiger partial charge on any atom is -0.369 e. The lowest BCUT2D eigenvalue weighted by molar-refractivity contribution is 0.0409. The Morgan fingerprint density at radius 3 is 2.07 bits per heavy atom. The highest BCUT2D eigenvalue weighted by Crippen LogP contribution is 2.32. The summed E-state index contributed by atoms with van der Waals surface area (Å²) in [5.41, 5.74) is 4.92. The average Bonchev–Trinajstić information content (AvgIpc) is 3.61. The summed E-state index contributed by atoms with van der Waals surface area (Å²) < 4.78 is 0. The molecule has 1 saturated heterocycles. The Hall–Kier alpha value is -4.15. The molecule has 214 valence electrons. The predicted octanol–water partition coefficient (Wildman–Crippen LogP) is 5.73. The first-order chi connectivity index (χ1) is 20.7. The molecule has 0 radical (unpaired) electrons. The van der Waals surface area contributed by atoms with Crippen LogP contribution in [0.5, 0.6) is 0 Å². The maximum Gasteiger partial charge on any atom is 0.365 e. The van der Waals surface area contributed by atoms with E-state index in [4.69, 9.17) is 4.84 Å². The fraction of sp³-hybridized carbons (Fsp3) is 0.344. The Labute approximate surface area is 248 Å². The number of fused-ring (bicyclic) bond motifs is 1. The van der Waals surface area contributed by atoms with Crippen LogP contribution < -0.4 is 9.74 Å². The van der Waals surface area contributed by atoms with E-state index in [1.165, 1.54) is 55.5 Å². The molecule has 3 heterocycles. The molecular formula is C32H33N7O2S. The third kappa shape index (κ3) is 5.64. The van der Waals surface area contributed by atoms with E-state index in [1.54, 1.807) is 18.2 Å². The van der Waals surface area contributed by atoms with Crippen molar-refractivity contribution >= 4 is 34.0 Å². The third-order valence-corrected chi connectivity index (χ3v) is 9.44. The summed E-state index contributed by atoms with van der Waals surface area (Å²) in [4.78, 5) is 24.5. The maximum absolute atomic E-state index is 12.7. The van der Waals surface area contributed by atoms with Crippen LogP contribution in [-0.2, 0) is 0 Å². The number of hydrogen-bond donors (Lipinski definition) is 0. The van der Waals surface area contributed by atoms with E-state index in [2.05, 4.69) is 54.6 Å². The molecule has 2 fully saturated rings. The Morgan fingerprint density at radius 1 is 0.738 bits per heavy atom. The highest BCUT2D eigenvalue weighted by atomic mass is 32.1. The number of rotatable bonds is 6. The number of nitrogens with zero attached hydrogens (tertiary/aromatic N) is 7. The Bertz CT molecular complexity index is 1650. The number of hydrogen-bond acceptors (Lipinski definition) is 9. The van der Waals surface area contributed by atoms with Gasteiger partial charge in [0.2, 0.25) is 0 Å². The lowest BCUT2D eigenvalue weighted by Gasteiger charge is -2.40. The number of benzene rings is 3. The van der Waals surface area contributed by atoms with Crippen molar-refractivity contribution in [1.29, 1.82) is 0 Å². The monoisotopic (exact) mass is 579 g/mol. The lowest BCUT2D eigenvalue weighted by atomic mass is 10.1. The molecule has 3 aromatic carbocycles. The van der Waals surface area contributed by atoms with Gasteiger partial charge < -0.3 is 9.74 Å². The molecule has 1 aliphatic carbocycles. The zero-order valence-corrected chi connectivity index (χ0v) is 24.2. The van der Waals surface area contributed by atoms with Gasteiger partial charge >= 0.3 is 5.97 Å². The van der Waals surface area contributed by atoms with Crippen molar-refractivity contribution in [3.05, 3.63) is 78.4 Å². The van der Waals surface area contributed by atoms with E-state index in [9.17, 15) is 4.79 Å². The van der Waals surface area contributed by atoms with E-state index in [0.29, 0.717) is 16.6 Å². The first-order valence-corrected chi connectivity index (χ1v) is 15.6. The van der Waals surface area contributed by atoms with Gasteiger partial charge in [0, 0.05) is 49.0 Å². The number of piperazine rings is 1. The molecule has 7 rings (SSSR count). The van der Waals surface area contributed by atoms with Crippen LogP contribution in [0.25, 0.3) is 32.2 Å². The molecule has 2 aromatic heterocycles. The smallest absolute Gasteiger partial charge is 0.365 e. The van der Waals surface area contributed by atoms with Crippen molar-refractivity contribution in [3.63, 3.8) is 0 Å². The lowest BCUT2D eigenvalue weighted by Crippen LogP contribution is -2.50. The van der Waals surface area contributed by atoms with Crippen LogP contribution in [0.4, 0.5) is 5.69 Å². The van der Waals surface area contributed by atoms with Crippen molar-refractivity contribution in [1.82, 2.24) is 30.3 Å². The third-order valence-electron chi connectivity index (χ3n) is 8.42. The molecule has 5 aromatic rings. The van der Waals surface area contributed by atoms with E-state index in [1.807, 2.05) is 30.3 Å². The largest absolute Gasteiger partial charge is 0.369 e. The second-order valence-corrected chi connectivity index (χ2v) is 12.0. The highest BCUT2D eigenvalue weighted by Gasteiger charge is 2.24. The zero-order valence-electron chi connectivity index (χ0n) is 23.4. The Kier molecular flexibility index (Phi) is 7.63.